The Balaban J connectivity index is 1.95. The summed E-state index contributed by atoms with van der Waals surface area (Å²) in [6.07, 6.45) is 7.81. The number of carbonyl (C=O) groups excluding carboxylic acids is 1. The molecule has 2 aromatic heterocycles. The van der Waals surface area contributed by atoms with E-state index < -0.39 is 0 Å². The Bertz CT molecular complexity index is 480. The van der Waals surface area contributed by atoms with Crippen LogP contribution in [0.25, 0.3) is 0 Å². The van der Waals surface area contributed by atoms with Crippen LogP contribution in [0.4, 0.5) is 0 Å². The Hall–Kier alpha value is -1.94. The van der Waals surface area contributed by atoms with Gasteiger partial charge in [-0.2, -0.15) is 0 Å². The second-order valence-electron chi connectivity index (χ2n) is 4.17. The molecule has 18 heavy (non-hydrogen) atoms. The van der Waals surface area contributed by atoms with E-state index in [1.807, 2.05) is 12.1 Å². The Morgan fingerprint density at radius 1 is 1.44 bits per heavy atom. The first-order valence-electron chi connectivity index (χ1n) is 5.95. The van der Waals surface area contributed by atoms with E-state index in [0.717, 1.165) is 11.1 Å². The first kappa shape index (κ1) is 12.5. The van der Waals surface area contributed by atoms with Crippen molar-refractivity contribution in [2.45, 2.75) is 18.8 Å². The fourth-order valence-electron chi connectivity index (χ4n) is 1.91. The number of rotatable bonds is 6. The second-order valence-corrected chi connectivity index (χ2v) is 4.17. The zero-order valence-corrected chi connectivity index (χ0v) is 10.1. The Morgan fingerprint density at radius 2 is 2.33 bits per heavy atom. The molecule has 0 aromatic carbocycles. The average Bonchev–Trinajstić information content (AvgIpc) is 2.92. The number of ketones is 1. The van der Waals surface area contributed by atoms with Crippen LogP contribution in [0.1, 0.15) is 23.5 Å². The van der Waals surface area contributed by atoms with Crippen molar-refractivity contribution in [3.05, 3.63) is 54.2 Å². The van der Waals surface area contributed by atoms with Crippen LogP contribution in [0.3, 0.4) is 0 Å². The molecule has 0 fully saturated rings. The summed E-state index contributed by atoms with van der Waals surface area (Å²) < 4.78 is 4.99. The first-order chi connectivity index (χ1) is 8.81. The molecular formula is C14H16N2O2. The summed E-state index contributed by atoms with van der Waals surface area (Å²) in [5.41, 5.74) is 7.58. The highest BCUT2D eigenvalue weighted by molar-refractivity contribution is 5.86. The normalized spacial score (nSPS) is 12.3. The Morgan fingerprint density at radius 3 is 2.94 bits per heavy atom. The van der Waals surface area contributed by atoms with Crippen LogP contribution in [0, 0.1) is 0 Å². The van der Waals surface area contributed by atoms with Gasteiger partial charge in [0.15, 0.2) is 0 Å². The molecule has 2 rings (SSSR count). The Labute approximate surface area is 106 Å². The topological polar surface area (TPSA) is 69.1 Å². The molecule has 0 aliphatic rings. The third-order valence-corrected chi connectivity index (χ3v) is 2.95. The molecule has 0 unspecified atom stereocenters. The zero-order valence-electron chi connectivity index (χ0n) is 10.1. The minimum atomic E-state index is -0.263. The number of Topliss-reactive ketones (excluding diaryl/α,β-unsaturated/α-hetero) is 1. The lowest BCUT2D eigenvalue weighted by Crippen LogP contribution is -2.21. The van der Waals surface area contributed by atoms with Gasteiger partial charge in [0.2, 0.25) is 0 Å². The molecule has 0 bridgehead atoms. The van der Waals surface area contributed by atoms with Gasteiger partial charge in [-0.25, -0.2) is 0 Å². The number of aryl methyl sites for hydroxylation is 1. The average molecular weight is 244 g/mol. The van der Waals surface area contributed by atoms with Crippen molar-refractivity contribution in [1.82, 2.24) is 4.98 Å². The largest absolute Gasteiger partial charge is 0.472 e. The van der Waals surface area contributed by atoms with Gasteiger partial charge in [-0.15, -0.1) is 0 Å². The smallest absolute Gasteiger partial charge is 0.142 e. The van der Waals surface area contributed by atoms with Gasteiger partial charge < -0.3 is 10.2 Å². The lowest BCUT2D eigenvalue weighted by molar-refractivity contribution is -0.120. The van der Waals surface area contributed by atoms with Crippen LogP contribution in [0.15, 0.2) is 47.5 Å². The fraction of sp³-hybridized carbons (Fsp3) is 0.286. The van der Waals surface area contributed by atoms with Gasteiger partial charge in [0.25, 0.3) is 0 Å². The van der Waals surface area contributed by atoms with E-state index in [0.29, 0.717) is 19.4 Å². The molecule has 2 N–H and O–H groups in total. The van der Waals surface area contributed by atoms with Crippen molar-refractivity contribution in [1.29, 1.82) is 0 Å². The standard InChI is InChI=1S/C14H16N2O2/c15-8-13(12-5-7-18-10-12)14(17)4-3-11-2-1-6-16-9-11/h1-2,5-7,9-10,13H,3-4,8,15H2/t13-/m0/s1. The molecule has 4 nitrogen and oxygen atoms in total. The zero-order chi connectivity index (χ0) is 12.8. The highest BCUT2D eigenvalue weighted by Gasteiger charge is 2.19. The van der Waals surface area contributed by atoms with E-state index in [9.17, 15) is 4.79 Å². The van der Waals surface area contributed by atoms with Gasteiger partial charge in [0.1, 0.15) is 5.78 Å². The van der Waals surface area contributed by atoms with E-state index in [1.165, 1.54) is 0 Å². The highest BCUT2D eigenvalue weighted by atomic mass is 16.3. The molecule has 0 radical (unpaired) electrons. The molecule has 0 amide bonds. The number of hydrogen-bond acceptors (Lipinski definition) is 4. The monoisotopic (exact) mass is 244 g/mol. The predicted octanol–water partition coefficient (Wildman–Crippen LogP) is 1.92. The molecule has 1 atom stereocenters. The van der Waals surface area contributed by atoms with Crippen LogP contribution in [0.2, 0.25) is 0 Å². The number of hydrogen-bond donors (Lipinski definition) is 1. The fourth-order valence-corrected chi connectivity index (χ4v) is 1.91. The number of nitrogens with two attached hydrogens (primary N) is 1. The number of nitrogens with zero attached hydrogens (tertiary/aromatic N) is 1. The summed E-state index contributed by atoms with van der Waals surface area (Å²) in [6.45, 7) is 0.311. The first-order valence-corrected chi connectivity index (χ1v) is 5.95. The second kappa shape index (κ2) is 6.12. The molecule has 0 aliphatic carbocycles. The predicted molar refractivity (Wildman–Crippen MR) is 68.1 cm³/mol. The highest BCUT2D eigenvalue weighted by Crippen LogP contribution is 2.18. The molecule has 4 heteroatoms. The van der Waals surface area contributed by atoms with Crippen LogP contribution < -0.4 is 5.73 Å². The number of carbonyl (C=O) groups is 1. The van der Waals surface area contributed by atoms with Gasteiger partial charge >= 0.3 is 0 Å². The lowest BCUT2D eigenvalue weighted by Gasteiger charge is -2.11. The van der Waals surface area contributed by atoms with Crippen molar-refractivity contribution in [3.8, 4) is 0 Å². The lowest BCUT2D eigenvalue weighted by atomic mass is 9.93. The molecule has 0 saturated carbocycles. The summed E-state index contributed by atoms with van der Waals surface area (Å²) in [5.74, 6) is -0.122. The minimum Gasteiger partial charge on any atom is -0.472 e. The van der Waals surface area contributed by atoms with Crippen molar-refractivity contribution in [2.75, 3.05) is 6.54 Å². The third kappa shape index (κ3) is 3.05. The molecule has 0 spiro atoms. The van der Waals surface area contributed by atoms with Crippen LogP contribution in [0.5, 0.6) is 0 Å². The quantitative estimate of drug-likeness (QED) is 0.842. The van der Waals surface area contributed by atoms with Gasteiger partial charge in [0.05, 0.1) is 18.4 Å². The maximum atomic E-state index is 12.1. The third-order valence-electron chi connectivity index (χ3n) is 2.95. The number of pyridine rings is 1. The van der Waals surface area contributed by atoms with E-state index >= 15 is 0 Å². The van der Waals surface area contributed by atoms with Crippen molar-refractivity contribution < 1.29 is 9.21 Å². The maximum absolute atomic E-state index is 12.1. The van der Waals surface area contributed by atoms with Crippen LogP contribution >= 0.6 is 0 Å². The minimum absolute atomic E-state index is 0.141. The van der Waals surface area contributed by atoms with Crippen LogP contribution in [-0.4, -0.2) is 17.3 Å². The van der Waals surface area contributed by atoms with Gasteiger partial charge in [0, 0.05) is 30.9 Å². The van der Waals surface area contributed by atoms with Crippen molar-refractivity contribution >= 4 is 5.78 Å². The Kier molecular flexibility index (Phi) is 4.25. The summed E-state index contributed by atoms with van der Waals surface area (Å²) in [4.78, 5) is 16.1. The summed E-state index contributed by atoms with van der Waals surface area (Å²) in [7, 11) is 0. The van der Waals surface area contributed by atoms with Gasteiger partial charge in [-0.3, -0.25) is 9.78 Å². The maximum Gasteiger partial charge on any atom is 0.142 e. The molecule has 2 heterocycles. The number of furan rings is 1. The van der Waals surface area contributed by atoms with E-state index in [2.05, 4.69) is 4.98 Å². The van der Waals surface area contributed by atoms with Gasteiger partial charge in [-0.05, 0) is 24.1 Å². The molecule has 2 aromatic rings. The summed E-state index contributed by atoms with van der Waals surface area (Å²) >= 11 is 0. The van der Waals surface area contributed by atoms with E-state index in [1.54, 1.807) is 31.0 Å². The van der Waals surface area contributed by atoms with Crippen molar-refractivity contribution in [3.63, 3.8) is 0 Å². The molecule has 94 valence electrons. The summed E-state index contributed by atoms with van der Waals surface area (Å²) in [5, 5.41) is 0. The number of aromatic nitrogens is 1. The van der Waals surface area contributed by atoms with Gasteiger partial charge in [-0.1, -0.05) is 6.07 Å². The summed E-state index contributed by atoms with van der Waals surface area (Å²) in [6, 6.07) is 5.63. The van der Waals surface area contributed by atoms with E-state index in [-0.39, 0.29) is 11.7 Å². The van der Waals surface area contributed by atoms with Crippen molar-refractivity contribution in [2.24, 2.45) is 5.73 Å². The van der Waals surface area contributed by atoms with Crippen LogP contribution in [-0.2, 0) is 11.2 Å². The molecule has 0 aliphatic heterocycles. The molecule has 0 saturated heterocycles. The SMILES string of the molecule is NC[C@H](C(=O)CCc1cccnc1)c1ccoc1. The van der Waals surface area contributed by atoms with E-state index in [4.69, 9.17) is 10.2 Å². The molecular weight excluding hydrogens is 228 g/mol.